The van der Waals surface area contributed by atoms with Gasteiger partial charge >= 0.3 is 0 Å². The van der Waals surface area contributed by atoms with Crippen LogP contribution in [0.25, 0.3) is 5.69 Å². The van der Waals surface area contributed by atoms with Gasteiger partial charge in [0.05, 0.1) is 24.5 Å². The molecule has 3 heterocycles. The lowest BCUT2D eigenvalue weighted by atomic mass is 9.95. The Morgan fingerprint density at radius 3 is 2.59 bits per heavy atom. The number of hydrogen-bond donors (Lipinski definition) is 0. The molecule has 4 rings (SSSR count). The number of rotatable bonds is 4. The first-order valence-corrected chi connectivity index (χ1v) is 8.93. The van der Waals surface area contributed by atoms with Gasteiger partial charge in [0.25, 0.3) is 11.6 Å². The van der Waals surface area contributed by atoms with Gasteiger partial charge in [0, 0.05) is 43.0 Å². The van der Waals surface area contributed by atoms with E-state index in [1.807, 2.05) is 0 Å². The summed E-state index contributed by atoms with van der Waals surface area (Å²) in [7, 11) is 0. The third-order valence-electron chi connectivity index (χ3n) is 5.06. The van der Waals surface area contributed by atoms with Gasteiger partial charge in [0.2, 0.25) is 0 Å². The smallest absolute Gasteiger partial charge is 0.294 e. The third kappa shape index (κ3) is 3.56. The summed E-state index contributed by atoms with van der Waals surface area (Å²) >= 11 is 0. The molecular weight excluding hydrogens is 352 g/mol. The molecule has 2 aliphatic heterocycles. The SMILES string of the molecule is O=C(c1ccc(-n2ccnc2)c([N+](=O)[O-])c1)N1CCC(C2OCCO2)CC1. The molecule has 9 heteroatoms. The molecule has 1 aromatic carbocycles. The Bertz CT molecular complexity index is 824. The van der Waals surface area contributed by atoms with Crippen LogP contribution in [0.1, 0.15) is 23.2 Å². The Hall–Kier alpha value is -2.78. The number of carbonyl (C=O) groups is 1. The molecular formula is C18H20N4O5. The fourth-order valence-electron chi connectivity index (χ4n) is 3.63. The Balaban J connectivity index is 1.49. The van der Waals surface area contributed by atoms with Crippen LogP contribution in [0.4, 0.5) is 5.69 Å². The van der Waals surface area contributed by atoms with Crippen molar-refractivity contribution in [3.63, 3.8) is 0 Å². The zero-order chi connectivity index (χ0) is 18.8. The van der Waals surface area contributed by atoms with Gasteiger partial charge in [-0.15, -0.1) is 0 Å². The number of carbonyl (C=O) groups excluding carboxylic acids is 1. The summed E-state index contributed by atoms with van der Waals surface area (Å²) < 4.78 is 12.7. The Labute approximate surface area is 155 Å². The van der Waals surface area contributed by atoms with Crippen molar-refractivity contribution in [2.24, 2.45) is 5.92 Å². The highest BCUT2D eigenvalue weighted by molar-refractivity contribution is 5.95. The van der Waals surface area contributed by atoms with Crippen molar-refractivity contribution >= 4 is 11.6 Å². The molecule has 2 saturated heterocycles. The Morgan fingerprint density at radius 2 is 1.96 bits per heavy atom. The molecule has 1 aromatic heterocycles. The highest BCUT2D eigenvalue weighted by atomic mass is 16.7. The van der Waals surface area contributed by atoms with E-state index < -0.39 is 4.92 Å². The summed E-state index contributed by atoms with van der Waals surface area (Å²) in [4.78, 5) is 29.5. The topological polar surface area (TPSA) is 99.7 Å². The van der Waals surface area contributed by atoms with Crippen molar-refractivity contribution in [1.82, 2.24) is 14.5 Å². The number of piperidine rings is 1. The molecule has 2 aliphatic rings. The molecule has 0 bridgehead atoms. The maximum absolute atomic E-state index is 12.8. The van der Waals surface area contributed by atoms with E-state index in [1.165, 1.54) is 12.4 Å². The number of ether oxygens (including phenoxy) is 2. The van der Waals surface area contributed by atoms with Gasteiger partial charge in [0.1, 0.15) is 5.69 Å². The quantitative estimate of drug-likeness (QED) is 0.601. The van der Waals surface area contributed by atoms with E-state index in [9.17, 15) is 14.9 Å². The van der Waals surface area contributed by atoms with Crippen LogP contribution in [0.5, 0.6) is 0 Å². The Kier molecular flexibility index (Phi) is 4.87. The van der Waals surface area contributed by atoms with Crippen LogP contribution in [0.2, 0.25) is 0 Å². The molecule has 9 nitrogen and oxygen atoms in total. The maximum atomic E-state index is 12.8. The molecule has 1 amide bonds. The zero-order valence-electron chi connectivity index (χ0n) is 14.7. The zero-order valence-corrected chi connectivity index (χ0v) is 14.7. The van der Waals surface area contributed by atoms with Gasteiger partial charge < -0.3 is 18.9 Å². The van der Waals surface area contributed by atoms with Crippen molar-refractivity contribution in [1.29, 1.82) is 0 Å². The van der Waals surface area contributed by atoms with Gasteiger partial charge in [-0.25, -0.2) is 4.98 Å². The normalized spacial score (nSPS) is 18.7. The number of aromatic nitrogens is 2. The lowest BCUT2D eigenvalue weighted by molar-refractivity contribution is -0.384. The van der Waals surface area contributed by atoms with Gasteiger partial charge in [-0.2, -0.15) is 0 Å². The molecule has 0 spiro atoms. The van der Waals surface area contributed by atoms with Crippen molar-refractivity contribution in [3.8, 4) is 5.69 Å². The number of hydrogen-bond acceptors (Lipinski definition) is 6. The molecule has 2 fully saturated rings. The van der Waals surface area contributed by atoms with Crippen molar-refractivity contribution in [2.45, 2.75) is 19.1 Å². The number of amides is 1. The second-order valence-electron chi connectivity index (χ2n) is 6.67. The molecule has 142 valence electrons. The lowest BCUT2D eigenvalue weighted by Gasteiger charge is -2.33. The second-order valence-corrected chi connectivity index (χ2v) is 6.67. The number of likely N-dealkylation sites (tertiary alicyclic amines) is 1. The summed E-state index contributed by atoms with van der Waals surface area (Å²) in [5, 5.41) is 11.5. The molecule has 0 radical (unpaired) electrons. The average Bonchev–Trinajstić information content (AvgIpc) is 3.41. The maximum Gasteiger partial charge on any atom is 0.294 e. The lowest BCUT2D eigenvalue weighted by Crippen LogP contribution is -2.41. The van der Waals surface area contributed by atoms with Crippen LogP contribution < -0.4 is 0 Å². The first-order valence-electron chi connectivity index (χ1n) is 8.93. The van der Waals surface area contributed by atoms with Crippen molar-refractivity contribution in [2.75, 3.05) is 26.3 Å². The fourth-order valence-corrected chi connectivity index (χ4v) is 3.63. The predicted molar refractivity (Wildman–Crippen MR) is 94.5 cm³/mol. The summed E-state index contributed by atoms with van der Waals surface area (Å²) in [6.07, 6.45) is 6.09. The second kappa shape index (κ2) is 7.45. The number of benzene rings is 1. The number of imidazole rings is 1. The molecule has 0 unspecified atom stereocenters. The van der Waals surface area contributed by atoms with E-state index in [0.717, 1.165) is 12.8 Å². The van der Waals surface area contributed by atoms with E-state index in [-0.39, 0.29) is 23.8 Å². The van der Waals surface area contributed by atoms with E-state index in [0.29, 0.717) is 37.6 Å². The minimum Gasteiger partial charge on any atom is -0.350 e. The van der Waals surface area contributed by atoms with Crippen molar-refractivity contribution in [3.05, 3.63) is 52.6 Å². The highest BCUT2D eigenvalue weighted by Crippen LogP contribution is 2.28. The van der Waals surface area contributed by atoms with Crippen LogP contribution in [-0.2, 0) is 9.47 Å². The van der Waals surface area contributed by atoms with Crippen LogP contribution >= 0.6 is 0 Å². The first kappa shape index (κ1) is 17.6. The van der Waals surface area contributed by atoms with Gasteiger partial charge in [-0.05, 0) is 25.0 Å². The van der Waals surface area contributed by atoms with E-state index in [1.54, 1.807) is 34.0 Å². The van der Waals surface area contributed by atoms with Gasteiger partial charge in [-0.1, -0.05) is 0 Å². The van der Waals surface area contributed by atoms with Crippen molar-refractivity contribution < 1.29 is 19.2 Å². The summed E-state index contributed by atoms with van der Waals surface area (Å²) in [6, 6.07) is 4.55. The largest absolute Gasteiger partial charge is 0.350 e. The van der Waals surface area contributed by atoms with Gasteiger partial charge in [0.15, 0.2) is 6.29 Å². The number of nitro groups is 1. The fraction of sp³-hybridized carbons (Fsp3) is 0.444. The minimum absolute atomic E-state index is 0.124. The predicted octanol–water partition coefficient (Wildman–Crippen LogP) is 2.01. The number of nitro benzene ring substituents is 1. The average molecular weight is 372 g/mol. The van der Waals surface area contributed by atoms with Crippen LogP contribution in [0.15, 0.2) is 36.9 Å². The number of nitrogens with zero attached hydrogens (tertiary/aromatic N) is 4. The third-order valence-corrected chi connectivity index (χ3v) is 5.06. The van der Waals surface area contributed by atoms with Crippen LogP contribution in [0.3, 0.4) is 0 Å². The van der Waals surface area contributed by atoms with E-state index in [2.05, 4.69) is 4.98 Å². The summed E-state index contributed by atoms with van der Waals surface area (Å²) in [5.74, 6) is 0.0940. The molecule has 0 atom stereocenters. The molecule has 0 N–H and O–H groups in total. The standard InChI is InChI=1S/C18H20N4O5/c23-17(20-6-3-13(4-7-20)18-26-9-10-27-18)14-1-2-15(16(11-14)22(24)25)21-8-5-19-12-21/h1-2,5,8,11-13,18H,3-4,6-7,9-10H2. The highest BCUT2D eigenvalue weighted by Gasteiger charge is 2.32. The molecule has 2 aromatic rings. The molecule has 27 heavy (non-hydrogen) atoms. The molecule has 0 aliphatic carbocycles. The first-order chi connectivity index (χ1) is 13.1. The monoisotopic (exact) mass is 372 g/mol. The Morgan fingerprint density at radius 1 is 1.22 bits per heavy atom. The summed E-state index contributed by atoms with van der Waals surface area (Å²) in [5.41, 5.74) is 0.571. The summed E-state index contributed by atoms with van der Waals surface area (Å²) in [6.45, 7) is 2.42. The minimum atomic E-state index is -0.479. The molecule has 0 saturated carbocycles. The van der Waals surface area contributed by atoms with Crippen LogP contribution in [-0.4, -0.2) is 57.9 Å². The van der Waals surface area contributed by atoms with E-state index in [4.69, 9.17) is 9.47 Å². The van der Waals surface area contributed by atoms with E-state index >= 15 is 0 Å². The van der Waals surface area contributed by atoms with Crippen LogP contribution in [0, 0.1) is 16.0 Å². The van der Waals surface area contributed by atoms with Gasteiger partial charge in [-0.3, -0.25) is 14.9 Å².